The van der Waals surface area contributed by atoms with E-state index >= 15 is 0 Å². The van der Waals surface area contributed by atoms with E-state index in [1.165, 1.54) is 5.56 Å². The number of hydrogen-bond donors (Lipinski definition) is 0. The Hall–Kier alpha value is -1.20. The maximum absolute atomic E-state index is 8.52. The average Bonchev–Trinajstić information content (AvgIpc) is 2.61. The summed E-state index contributed by atoms with van der Waals surface area (Å²) in [5, 5.41) is 9.26. The molecule has 14 heavy (non-hydrogen) atoms. The number of fused-ring (bicyclic) bond motifs is 1. The number of halogens is 1. The van der Waals surface area contributed by atoms with Crippen LogP contribution < -0.4 is 4.74 Å². The molecule has 0 atom stereocenters. The molecule has 2 nitrogen and oxygen atoms in total. The van der Waals surface area contributed by atoms with Crippen LogP contribution in [0.4, 0.5) is 0 Å². The van der Waals surface area contributed by atoms with Gasteiger partial charge in [0.1, 0.15) is 5.75 Å². The van der Waals surface area contributed by atoms with Gasteiger partial charge in [-0.25, -0.2) is 0 Å². The largest absolute Gasteiger partial charge is 0.493 e. The van der Waals surface area contributed by atoms with Crippen LogP contribution in [0.2, 0.25) is 5.02 Å². The van der Waals surface area contributed by atoms with Crippen LogP contribution >= 0.6 is 11.6 Å². The van der Waals surface area contributed by atoms with Crippen LogP contribution in [0, 0.1) is 11.3 Å². The van der Waals surface area contributed by atoms with Crippen LogP contribution in [0.3, 0.4) is 0 Å². The van der Waals surface area contributed by atoms with Gasteiger partial charge in [0.25, 0.3) is 0 Å². The third-order valence-corrected chi connectivity index (χ3v) is 2.55. The SMILES string of the molecule is N#CCCc1cc(Cl)cc2c1OCC2. The molecule has 1 aliphatic rings. The molecular weight excluding hydrogens is 198 g/mol. The summed E-state index contributed by atoms with van der Waals surface area (Å²) in [6.45, 7) is 0.731. The number of nitrogens with zero attached hydrogens (tertiary/aromatic N) is 1. The Kier molecular flexibility index (Phi) is 2.60. The second-order valence-electron chi connectivity index (χ2n) is 3.31. The summed E-state index contributed by atoms with van der Waals surface area (Å²) >= 11 is 5.97. The van der Waals surface area contributed by atoms with E-state index in [0.29, 0.717) is 6.42 Å². The lowest BCUT2D eigenvalue weighted by atomic mass is 10.0. The monoisotopic (exact) mass is 207 g/mol. The fourth-order valence-corrected chi connectivity index (χ4v) is 1.99. The molecule has 0 fully saturated rings. The standard InChI is InChI=1S/C11H10ClNO/c12-10-6-8(2-1-4-13)11-9(7-10)3-5-14-11/h6-7H,1-3,5H2. The van der Waals surface area contributed by atoms with Crippen molar-refractivity contribution in [3.63, 3.8) is 0 Å². The predicted octanol–water partition coefficient (Wildman–Crippen LogP) is 2.73. The molecule has 0 aromatic heterocycles. The molecule has 0 saturated heterocycles. The molecule has 0 radical (unpaired) electrons. The Bertz CT molecular complexity index is 395. The van der Waals surface area contributed by atoms with E-state index < -0.39 is 0 Å². The molecule has 1 aliphatic heterocycles. The van der Waals surface area contributed by atoms with E-state index in [0.717, 1.165) is 35.8 Å². The van der Waals surface area contributed by atoms with E-state index in [4.69, 9.17) is 21.6 Å². The Morgan fingerprint density at radius 1 is 1.50 bits per heavy atom. The summed E-state index contributed by atoms with van der Waals surface area (Å²) in [7, 11) is 0. The highest BCUT2D eigenvalue weighted by molar-refractivity contribution is 6.30. The Labute approximate surface area is 88.1 Å². The third-order valence-electron chi connectivity index (χ3n) is 2.33. The predicted molar refractivity (Wildman–Crippen MR) is 54.6 cm³/mol. The van der Waals surface area contributed by atoms with Crippen molar-refractivity contribution in [1.82, 2.24) is 0 Å². The Morgan fingerprint density at radius 3 is 3.14 bits per heavy atom. The quantitative estimate of drug-likeness (QED) is 0.747. The summed E-state index contributed by atoms with van der Waals surface area (Å²) in [4.78, 5) is 0. The first-order chi connectivity index (χ1) is 6.81. The van der Waals surface area contributed by atoms with Gasteiger partial charge >= 0.3 is 0 Å². The van der Waals surface area contributed by atoms with Gasteiger partial charge in [0, 0.05) is 17.9 Å². The first-order valence-corrected chi connectivity index (χ1v) is 5.00. The van der Waals surface area contributed by atoms with E-state index in [9.17, 15) is 0 Å². The average molecular weight is 208 g/mol. The van der Waals surface area contributed by atoms with Gasteiger partial charge in [0.05, 0.1) is 12.7 Å². The molecule has 0 saturated carbocycles. The van der Waals surface area contributed by atoms with Gasteiger partial charge in [-0.1, -0.05) is 11.6 Å². The Balaban J connectivity index is 2.34. The van der Waals surface area contributed by atoms with Gasteiger partial charge in [0.15, 0.2) is 0 Å². The second-order valence-corrected chi connectivity index (χ2v) is 3.75. The molecule has 0 N–H and O–H groups in total. The number of hydrogen-bond acceptors (Lipinski definition) is 2. The van der Waals surface area contributed by atoms with Gasteiger partial charge in [-0.15, -0.1) is 0 Å². The van der Waals surface area contributed by atoms with Crippen molar-refractivity contribution in [1.29, 1.82) is 5.26 Å². The summed E-state index contributed by atoms with van der Waals surface area (Å²) in [5.41, 5.74) is 2.23. The molecule has 72 valence electrons. The first-order valence-electron chi connectivity index (χ1n) is 4.62. The number of nitriles is 1. The Morgan fingerprint density at radius 2 is 2.36 bits per heavy atom. The van der Waals surface area contributed by atoms with E-state index in [-0.39, 0.29) is 0 Å². The normalized spacial score (nSPS) is 13.1. The molecule has 3 heteroatoms. The topological polar surface area (TPSA) is 33.0 Å². The van der Waals surface area contributed by atoms with Crippen molar-refractivity contribution in [3.8, 4) is 11.8 Å². The van der Waals surface area contributed by atoms with Crippen molar-refractivity contribution in [3.05, 3.63) is 28.3 Å². The second kappa shape index (κ2) is 3.89. The van der Waals surface area contributed by atoms with Gasteiger partial charge in [-0.2, -0.15) is 5.26 Å². The summed E-state index contributed by atoms with van der Waals surface area (Å²) in [6.07, 6.45) is 2.16. The van der Waals surface area contributed by atoms with Crippen LogP contribution in [0.1, 0.15) is 17.5 Å². The number of benzene rings is 1. The fraction of sp³-hybridized carbons (Fsp3) is 0.364. The van der Waals surface area contributed by atoms with Crippen LogP contribution in [0.15, 0.2) is 12.1 Å². The smallest absolute Gasteiger partial charge is 0.125 e. The van der Waals surface area contributed by atoms with E-state index in [2.05, 4.69) is 6.07 Å². The maximum atomic E-state index is 8.52. The molecule has 1 aromatic rings. The fourth-order valence-electron chi connectivity index (χ4n) is 1.72. The van der Waals surface area contributed by atoms with Gasteiger partial charge in [-0.3, -0.25) is 0 Å². The molecule has 1 aromatic carbocycles. The summed E-state index contributed by atoms with van der Waals surface area (Å²) < 4.78 is 5.51. The highest BCUT2D eigenvalue weighted by Crippen LogP contribution is 2.33. The molecule has 1 heterocycles. The molecule has 0 spiro atoms. The van der Waals surface area contributed by atoms with Gasteiger partial charge < -0.3 is 4.74 Å². The van der Waals surface area contributed by atoms with Crippen molar-refractivity contribution >= 4 is 11.6 Å². The van der Waals surface area contributed by atoms with Crippen molar-refractivity contribution < 1.29 is 4.74 Å². The zero-order valence-corrected chi connectivity index (χ0v) is 8.47. The van der Waals surface area contributed by atoms with Crippen molar-refractivity contribution in [2.75, 3.05) is 6.61 Å². The van der Waals surface area contributed by atoms with Crippen LogP contribution in [0.5, 0.6) is 5.75 Å². The zero-order chi connectivity index (χ0) is 9.97. The first kappa shape index (κ1) is 9.36. The lowest BCUT2D eigenvalue weighted by Gasteiger charge is -2.06. The minimum Gasteiger partial charge on any atom is -0.493 e. The number of rotatable bonds is 2. The lowest BCUT2D eigenvalue weighted by Crippen LogP contribution is -1.91. The van der Waals surface area contributed by atoms with Crippen LogP contribution in [-0.4, -0.2) is 6.61 Å². The van der Waals surface area contributed by atoms with Gasteiger partial charge in [-0.05, 0) is 29.7 Å². The molecule has 2 rings (SSSR count). The molecular formula is C11H10ClNO. The molecule has 0 aliphatic carbocycles. The van der Waals surface area contributed by atoms with Crippen molar-refractivity contribution in [2.24, 2.45) is 0 Å². The van der Waals surface area contributed by atoms with E-state index in [1.54, 1.807) is 0 Å². The maximum Gasteiger partial charge on any atom is 0.125 e. The van der Waals surface area contributed by atoms with E-state index in [1.807, 2.05) is 12.1 Å². The number of aryl methyl sites for hydroxylation is 1. The minimum absolute atomic E-state index is 0.510. The van der Waals surface area contributed by atoms with Crippen molar-refractivity contribution in [2.45, 2.75) is 19.3 Å². The highest BCUT2D eigenvalue weighted by atomic mass is 35.5. The molecule has 0 unspecified atom stereocenters. The summed E-state index contributed by atoms with van der Waals surface area (Å²) in [5.74, 6) is 0.949. The number of ether oxygens (including phenoxy) is 1. The molecule has 0 bridgehead atoms. The molecule has 0 amide bonds. The van der Waals surface area contributed by atoms with Crippen LogP contribution in [-0.2, 0) is 12.8 Å². The highest BCUT2D eigenvalue weighted by Gasteiger charge is 2.16. The minimum atomic E-state index is 0.510. The van der Waals surface area contributed by atoms with Crippen LogP contribution in [0.25, 0.3) is 0 Å². The summed E-state index contributed by atoms with van der Waals surface area (Å²) in [6, 6.07) is 5.96. The lowest BCUT2D eigenvalue weighted by molar-refractivity contribution is 0.353. The third kappa shape index (κ3) is 1.69. The van der Waals surface area contributed by atoms with Gasteiger partial charge in [0.2, 0.25) is 0 Å². The zero-order valence-electron chi connectivity index (χ0n) is 7.72.